The summed E-state index contributed by atoms with van der Waals surface area (Å²) in [5.74, 6) is -0.335. The second-order valence-electron chi connectivity index (χ2n) is 6.52. The van der Waals surface area contributed by atoms with Gasteiger partial charge in [-0.25, -0.2) is 4.79 Å². The van der Waals surface area contributed by atoms with Gasteiger partial charge in [-0.15, -0.1) is 0 Å². The summed E-state index contributed by atoms with van der Waals surface area (Å²) >= 11 is 5.29. The molecule has 0 saturated carbocycles. The van der Waals surface area contributed by atoms with E-state index in [4.69, 9.17) is 21.4 Å². The van der Waals surface area contributed by atoms with Crippen LogP contribution in [-0.2, 0) is 9.53 Å². The molecule has 27 heavy (non-hydrogen) atoms. The fraction of sp³-hybridized carbons (Fsp3) is 0.455. The number of nitrogens with zero attached hydrogens (tertiary/aromatic N) is 1. The van der Waals surface area contributed by atoms with E-state index in [2.05, 4.69) is 24.5 Å². The number of carbonyl (C=O) groups excluding carboxylic acids is 1. The lowest BCUT2D eigenvalue weighted by atomic mass is 10.1. The van der Waals surface area contributed by atoms with Crippen LogP contribution in [-0.4, -0.2) is 25.7 Å². The maximum absolute atomic E-state index is 10.9. The smallest absolute Gasteiger partial charge is 0.330 e. The van der Waals surface area contributed by atoms with Crippen LogP contribution in [0.3, 0.4) is 0 Å². The zero-order chi connectivity index (χ0) is 19.5. The molecular formula is C22H29NO3S. The summed E-state index contributed by atoms with van der Waals surface area (Å²) in [5.41, 5.74) is 2.00. The molecular weight excluding hydrogens is 358 g/mol. The highest BCUT2D eigenvalue weighted by molar-refractivity contribution is 7.71. The quantitative estimate of drug-likeness (QED) is 0.192. The molecule has 0 aliphatic carbocycles. The van der Waals surface area contributed by atoms with Gasteiger partial charge < -0.3 is 14.1 Å². The van der Waals surface area contributed by atoms with Crippen molar-refractivity contribution < 1.29 is 13.9 Å². The Hall–Kier alpha value is -2.14. The Morgan fingerprint density at radius 3 is 2.63 bits per heavy atom. The monoisotopic (exact) mass is 387 g/mol. The van der Waals surface area contributed by atoms with Gasteiger partial charge in [0.1, 0.15) is 5.58 Å². The highest BCUT2D eigenvalue weighted by Crippen LogP contribution is 2.27. The molecule has 0 atom stereocenters. The van der Waals surface area contributed by atoms with Gasteiger partial charge in [-0.2, -0.15) is 0 Å². The first-order chi connectivity index (χ1) is 13.2. The number of anilines is 1. The summed E-state index contributed by atoms with van der Waals surface area (Å²) in [4.78, 5) is 13.3. The van der Waals surface area contributed by atoms with Crippen LogP contribution in [0.15, 0.2) is 47.4 Å². The van der Waals surface area contributed by atoms with Crippen LogP contribution in [0.4, 0.5) is 5.69 Å². The first-order valence-corrected chi connectivity index (χ1v) is 10.1. The minimum absolute atomic E-state index is 0.335. The molecule has 0 bridgehead atoms. The Morgan fingerprint density at radius 2 is 1.89 bits per heavy atom. The van der Waals surface area contributed by atoms with Crippen molar-refractivity contribution >= 4 is 34.8 Å². The van der Waals surface area contributed by atoms with Gasteiger partial charge in [-0.05, 0) is 44.1 Å². The van der Waals surface area contributed by atoms with Crippen LogP contribution in [0.2, 0.25) is 0 Å². The fourth-order valence-corrected chi connectivity index (χ4v) is 3.35. The Kier molecular flexibility index (Phi) is 9.05. The minimum Gasteiger partial charge on any atom is -0.463 e. The molecule has 0 saturated heterocycles. The van der Waals surface area contributed by atoms with Crippen molar-refractivity contribution in [2.75, 3.05) is 24.6 Å². The number of hydrogen-bond acceptors (Lipinski definition) is 5. The standard InChI is InChI=1S/C22H29NO3S/c1-3-21(24)25-16-12-8-6-5-7-11-15-23(4-2)19-17-22(27)26-20-14-10-9-13-18(19)20/h3,9-10,13-14,17H,1,4-8,11-12,15-16H2,2H3. The lowest BCUT2D eigenvalue weighted by Crippen LogP contribution is -2.24. The van der Waals surface area contributed by atoms with Crippen molar-refractivity contribution in [1.29, 1.82) is 0 Å². The SMILES string of the molecule is C=CC(=O)OCCCCCCCCN(CC)c1cc(=S)oc2ccccc12. The summed E-state index contributed by atoms with van der Waals surface area (Å²) < 4.78 is 11.2. The van der Waals surface area contributed by atoms with Crippen LogP contribution >= 0.6 is 12.2 Å². The molecule has 0 aliphatic rings. The third-order valence-corrected chi connectivity index (χ3v) is 4.79. The van der Waals surface area contributed by atoms with Gasteiger partial charge in [0.05, 0.1) is 12.3 Å². The fourth-order valence-electron chi connectivity index (χ4n) is 3.15. The molecule has 2 rings (SSSR count). The minimum atomic E-state index is -0.335. The van der Waals surface area contributed by atoms with Crippen molar-refractivity contribution in [2.24, 2.45) is 0 Å². The Labute approximate surface area is 166 Å². The largest absolute Gasteiger partial charge is 0.463 e. The van der Waals surface area contributed by atoms with Gasteiger partial charge in [0.2, 0.25) is 0 Å². The van der Waals surface area contributed by atoms with Crippen LogP contribution in [0.5, 0.6) is 0 Å². The van der Waals surface area contributed by atoms with E-state index in [1.54, 1.807) is 0 Å². The van der Waals surface area contributed by atoms with Crippen molar-refractivity contribution in [3.8, 4) is 0 Å². The van der Waals surface area contributed by atoms with Crippen LogP contribution < -0.4 is 4.90 Å². The van der Waals surface area contributed by atoms with Gasteiger partial charge in [0.15, 0.2) is 4.71 Å². The highest BCUT2D eigenvalue weighted by atomic mass is 32.1. The second-order valence-corrected chi connectivity index (χ2v) is 6.92. The molecule has 1 aromatic carbocycles. The summed E-state index contributed by atoms with van der Waals surface area (Å²) in [6, 6.07) is 10.0. The number of esters is 1. The first-order valence-electron chi connectivity index (χ1n) is 9.72. The van der Waals surface area contributed by atoms with Crippen molar-refractivity contribution in [3.63, 3.8) is 0 Å². The summed E-state index contributed by atoms with van der Waals surface area (Å²) in [5, 5.41) is 1.11. The number of fused-ring (bicyclic) bond motifs is 1. The van der Waals surface area contributed by atoms with E-state index in [0.717, 1.165) is 49.0 Å². The summed E-state index contributed by atoms with van der Waals surface area (Å²) in [6.45, 7) is 8.00. The molecule has 146 valence electrons. The number of carbonyl (C=O) groups is 1. The highest BCUT2D eigenvalue weighted by Gasteiger charge is 2.10. The zero-order valence-electron chi connectivity index (χ0n) is 16.1. The molecule has 1 aromatic heterocycles. The lowest BCUT2D eigenvalue weighted by Gasteiger charge is -2.24. The predicted octanol–water partition coefficient (Wildman–Crippen LogP) is 6.06. The van der Waals surface area contributed by atoms with E-state index in [0.29, 0.717) is 11.3 Å². The van der Waals surface area contributed by atoms with Crippen molar-refractivity contribution in [3.05, 3.63) is 47.7 Å². The second kappa shape index (κ2) is 11.5. The molecule has 0 unspecified atom stereocenters. The van der Waals surface area contributed by atoms with Gasteiger partial charge in [0, 0.05) is 30.6 Å². The normalized spacial score (nSPS) is 10.7. The van der Waals surface area contributed by atoms with E-state index in [-0.39, 0.29) is 5.97 Å². The number of unbranched alkanes of at least 4 members (excludes halogenated alkanes) is 5. The van der Waals surface area contributed by atoms with Gasteiger partial charge in [-0.3, -0.25) is 0 Å². The number of rotatable bonds is 12. The van der Waals surface area contributed by atoms with E-state index >= 15 is 0 Å². The summed E-state index contributed by atoms with van der Waals surface area (Å²) in [6.07, 6.45) is 7.92. The number of para-hydroxylation sites is 1. The molecule has 0 radical (unpaired) electrons. The summed E-state index contributed by atoms with van der Waals surface area (Å²) in [7, 11) is 0. The Bertz CT molecular complexity index is 799. The van der Waals surface area contributed by atoms with E-state index in [1.807, 2.05) is 24.3 Å². The molecule has 0 spiro atoms. The van der Waals surface area contributed by atoms with Crippen molar-refractivity contribution in [2.45, 2.75) is 45.4 Å². The number of hydrogen-bond donors (Lipinski definition) is 0. The van der Waals surface area contributed by atoms with E-state index < -0.39 is 0 Å². The third-order valence-electron chi connectivity index (χ3n) is 4.58. The van der Waals surface area contributed by atoms with Crippen LogP contribution in [0.25, 0.3) is 11.0 Å². The van der Waals surface area contributed by atoms with Crippen LogP contribution in [0.1, 0.15) is 45.4 Å². The van der Waals surface area contributed by atoms with Gasteiger partial charge in [-0.1, -0.05) is 44.4 Å². The Balaban J connectivity index is 1.74. The molecule has 0 amide bonds. The van der Waals surface area contributed by atoms with E-state index in [1.165, 1.54) is 25.3 Å². The topological polar surface area (TPSA) is 42.7 Å². The maximum Gasteiger partial charge on any atom is 0.330 e. The van der Waals surface area contributed by atoms with E-state index in [9.17, 15) is 4.79 Å². The lowest BCUT2D eigenvalue weighted by molar-refractivity contribution is -0.137. The average molecular weight is 388 g/mol. The number of benzene rings is 1. The molecule has 4 nitrogen and oxygen atoms in total. The molecule has 0 fully saturated rings. The predicted molar refractivity (Wildman–Crippen MR) is 114 cm³/mol. The Morgan fingerprint density at radius 1 is 1.19 bits per heavy atom. The molecule has 0 N–H and O–H groups in total. The first kappa shape index (κ1) is 21.2. The average Bonchev–Trinajstić information content (AvgIpc) is 2.68. The van der Waals surface area contributed by atoms with Crippen LogP contribution in [0, 0.1) is 4.71 Å². The van der Waals surface area contributed by atoms with Gasteiger partial charge >= 0.3 is 5.97 Å². The molecule has 1 heterocycles. The zero-order valence-corrected chi connectivity index (χ0v) is 16.9. The maximum atomic E-state index is 10.9. The van der Waals surface area contributed by atoms with Crippen molar-refractivity contribution in [1.82, 2.24) is 0 Å². The number of ether oxygens (including phenoxy) is 1. The molecule has 2 aromatic rings. The molecule has 5 heteroatoms. The third kappa shape index (κ3) is 6.83. The van der Waals surface area contributed by atoms with Gasteiger partial charge in [0.25, 0.3) is 0 Å². The molecule has 0 aliphatic heterocycles.